The molecule has 1 fully saturated rings. The van der Waals surface area contributed by atoms with Gasteiger partial charge in [-0.1, -0.05) is 25.4 Å². The van der Waals surface area contributed by atoms with Gasteiger partial charge in [0, 0.05) is 17.6 Å². The summed E-state index contributed by atoms with van der Waals surface area (Å²) in [5, 5.41) is 1.86. The minimum atomic E-state index is -3.66. The maximum atomic E-state index is 12.6. The molecule has 0 bridgehead atoms. The van der Waals surface area contributed by atoms with Gasteiger partial charge in [0.1, 0.15) is 0 Å². The van der Waals surface area contributed by atoms with E-state index < -0.39 is 10.0 Å². The summed E-state index contributed by atoms with van der Waals surface area (Å²) in [6.07, 6.45) is 3.58. The summed E-state index contributed by atoms with van der Waals surface area (Å²) in [5.41, 5.74) is 0. The van der Waals surface area contributed by atoms with E-state index in [2.05, 4.69) is 23.6 Å². The van der Waals surface area contributed by atoms with Crippen molar-refractivity contribution in [2.75, 3.05) is 0 Å². The second kappa shape index (κ2) is 4.98. The van der Waals surface area contributed by atoms with Crippen molar-refractivity contribution in [2.45, 2.75) is 37.8 Å². The lowest BCUT2D eigenvalue weighted by Crippen LogP contribution is -2.37. The van der Waals surface area contributed by atoms with Crippen LogP contribution in [0.25, 0.3) is 4.96 Å². The van der Waals surface area contributed by atoms with Crippen molar-refractivity contribution < 1.29 is 8.42 Å². The summed E-state index contributed by atoms with van der Waals surface area (Å²) in [7, 11) is -3.66. The molecule has 1 aliphatic carbocycles. The van der Waals surface area contributed by atoms with Gasteiger partial charge in [0.2, 0.25) is 0 Å². The quantitative estimate of drug-likeness (QED) is 0.939. The molecule has 20 heavy (non-hydrogen) atoms. The van der Waals surface area contributed by atoms with Crippen molar-refractivity contribution in [1.29, 1.82) is 0 Å². The molecule has 110 valence electrons. The average molecular weight is 334 g/mol. The first-order valence-corrected chi connectivity index (χ1v) is 9.27. The van der Waals surface area contributed by atoms with Crippen LogP contribution in [0.5, 0.6) is 0 Å². The molecule has 2 aromatic heterocycles. The molecule has 1 aliphatic rings. The molecule has 0 saturated heterocycles. The number of hydrogen-bond donors (Lipinski definition) is 1. The third-order valence-electron chi connectivity index (χ3n) is 4.20. The second-order valence-electron chi connectivity index (χ2n) is 5.40. The zero-order valence-corrected chi connectivity index (χ0v) is 13.6. The van der Waals surface area contributed by atoms with E-state index in [0.717, 1.165) is 12.8 Å². The molecule has 3 atom stereocenters. The SMILES string of the molecule is CC1CCC(NS(=O)(=O)c2c(Cl)nc3sccn23)C1C. The first kappa shape index (κ1) is 14.3. The number of fused-ring (bicyclic) bond motifs is 1. The summed E-state index contributed by atoms with van der Waals surface area (Å²) in [5.74, 6) is 0.860. The first-order chi connectivity index (χ1) is 9.40. The minimum Gasteiger partial charge on any atom is -0.279 e. The average Bonchev–Trinajstić information content (AvgIpc) is 2.99. The van der Waals surface area contributed by atoms with Crippen LogP contribution < -0.4 is 4.72 Å². The molecule has 1 saturated carbocycles. The molecule has 0 amide bonds. The molecule has 2 heterocycles. The van der Waals surface area contributed by atoms with Crippen LogP contribution in [0.1, 0.15) is 26.7 Å². The van der Waals surface area contributed by atoms with Crippen molar-refractivity contribution >= 4 is 37.9 Å². The van der Waals surface area contributed by atoms with E-state index in [1.807, 2.05) is 0 Å². The van der Waals surface area contributed by atoms with E-state index in [9.17, 15) is 8.42 Å². The van der Waals surface area contributed by atoms with E-state index in [1.54, 1.807) is 11.6 Å². The lowest BCUT2D eigenvalue weighted by Gasteiger charge is -2.19. The Hall–Kier alpha value is -0.630. The summed E-state index contributed by atoms with van der Waals surface area (Å²) in [4.78, 5) is 4.66. The van der Waals surface area contributed by atoms with E-state index in [0.29, 0.717) is 16.8 Å². The number of thiazole rings is 1. The molecule has 0 aromatic carbocycles. The maximum absolute atomic E-state index is 12.6. The van der Waals surface area contributed by atoms with Crippen LogP contribution in [-0.2, 0) is 10.0 Å². The summed E-state index contributed by atoms with van der Waals surface area (Å²) in [6, 6.07) is -0.0322. The number of rotatable bonds is 3. The molecule has 0 aliphatic heterocycles. The van der Waals surface area contributed by atoms with Crippen molar-refractivity contribution in [1.82, 2.24) is 14.1 Å². The molecule has 0 spiro atoms. The van der Waals surface area contributed by atoms with Crippen molar-refractivity contribution in [3.8, 4) is 0 Å². The van der Waals surface area contributed by atoms with E-state index in [1.165, 1.54) is 15.7 Å². The number of aromatic nitrogens is 2. The Morgan fingerprint density at radius 2 is 2.20 bits per heavy atom. The molecular formula is C12H16ClN3O2S2. The highest BCUT2D eigenvalue weighted by molar-refractivity contribution is 7.89. The number of halogens is 1. The summed E-state index contributed by atoms with van der Waals surface area (Å²) >= 11 is 7.36. The van der Waals surface area contributed by atoms with Gasteiger partial charge in [-0.05, 0) is 24.7 Å². The van der Waals surface area contributed by atoms with Crippen LogP contribution >= 0.6 is 22.9 Å². The molecule has 3 rings (SSSR count). The first-order valence-electron chi connectivity index (χ1n) is 6.53. The Balaban J connectivity index is 1.96. The third-order valence-corrected chi connectivity index (χ3v) is 6.85. The Labute approximate surface area is 127 Å². The van der Waals surface area contributed by atoms with Gasteiger partial charge in [-0.2, -0.15) is 0 Å². The highest BCUT2D eigenvalue weighted by Crippen LogP contribution is 2.33. The van der Waals surface area contributed by atoms with Gasteiger partial charge in [-0.3, -0.25) is 4.40 Å². The van der Waals surface area contributed by atoms with Gasteiger partial charge in [-0.15, -0.1) is 11.3 Å². The zero-order chi connectivity index (χ0) is 14.5. The van der Waals surface area contributed by atoms with Crippen LogP contribution in [0.15, 0.2) is 16.6 Å². The molecule has 0 radical (unpaired) electrons. The van der Waals surface area contributed by atoms with Crippen molar-refractivity contribution in [2.24, 2.45) is 11.8 Å². The number of nitrogens with zero attached hydrogens (tertiary/aromatic N) is 2. The van der Waals surface area contributed by atoms with E-state index in [-0.39, 0.29) is 16.2 Å². The smallest absolute Gasteiger partial charge is 0.260 e. The molecule has 2 aromatic rings. The molecule has 8 heteroatoms. The second-order valence-corrected chi connectivity index (χ2v) is 8.27. The summed E-state index contributed by atoms with van der Waals surface area (Å²) in [6.45, 7) is 4.24. The zero-order valence-electron chi connectivity index (χ0n) is 11.2. The topological polar surface area (TPSA) is 63.5 Å². The molecular weight excluding hydrogens is 318 g/mol. The van der Waals surface area contributed by atoms with Crippen LogP contribution in [0.3, 0.4) is 0 Å². The highest BCUT2D eigenvalue weighted by atomic mass is 35.5. The standard InChI is InChI=1S/C12H16ClN3O2S2/c1-7-3-4-9(8(7)2)15-20(17,18)11-10(13)14-12-16(11)5-6-19-12/h5-9,15H,3-4H2,1-2H3. The number of nitrogens with one attached hydrogen (secondary N) is 1. The lowest BCUT2D eigenvalue weighted by molar-refractivity contribution is 0.401. The van der Waals surface area contributed by atoms with E-state index >= 15 is 0 Å². The van der Waals surface area contributed by atoms with Crippen LogP contribution in [-0.4, -0.2) is 23.8 Å². The Kier molecular flexibility index (Phi) is 3.56. The van der Waals surface area contributed by atoms with Gasteiger partial charge < -0.3 is 0 Å². The monoisotopic (exact) mass is 333 g/mol. The van der Waals surface area contributed by atoms with Crippen LogP contribution in [0.2, 0.25) is 5.15 Å². The van der Waals surface area contributed by atoms with Gasteiger partial charge in [0.15, 0.2) is 15.1 Å². The fraction of sp³-hybridized carbons (Fsp3) is 0.583. The van der Waals surface area contributed by atoms with Crippen LogP contribution in [0, 0.1) is 11.8 Å². The third kappa shape index (κ3) is 2.26. The van der Waals surface area contributed by atoms with Crippen molar-refractivity contribution in [3.63, 3.8) is 0 Å². The van der Waals surface area contributed by atoms with E-state index in [4.69, 9.17) is 11.6 Å². The predicted molar refractivity (Wildman–Crippen MR) is 79.8 cm³/mol. The van der Waals surface area contributed by atoms with Gasteiger partial charge in [0.05, 0.1) is 0 Å². The fourth-order valence-electron chi connectivity index (χ4n) is 2.77. The van der Waals surface area contributed by atoms with Gasteiger partial charge >= 0.3 is 0 Å². The van der Waals surface area contributed by atoms with Gasteiger partial charge in [0.25, 0.3) is 10.0 Å². The number of hydrogen-bond acceptors (Lipinski definition) is 4. The molecule has 5 nitrogen and oxygen atoms in total. The predicted octanol–water partition coefficient (Wildman–Crippen LogP) is 2.76. The number of imidazole rings is 1. The Bertz CT molecular complexity index is 737. The minimum absolute atomic E-state index is 0.0306. The lowest BCUT2D eigenvalue weighted by atomic mass is 9.98. The summed E-state index contributed by atoms with van der Waals surface area (Å²) < 4.78 is 29.5. The highest BCUT2D eigenvalue weighted by Gasteiger charge is 2.35. The fourth-order valence-corrected chi connectivity index (χ4v) is 5.58. The Morgan fingerprint density at radius 1 is 1.45 bits per heavy atom. The number of sulfonamides is 1. The molecule has 3 unspecified atom stereocenters. The molecule has 1 N–H and O–H groups in total. The van der Waals surface area contributed by atoms with Gasteiger partial charge in [-0.25, -0.2) is 18.1 Å². The van der Waals surface area contributed by atoms with Crippen molar-refractivity contribution in [3.05, 3.63) is 16.7 Å². The largest absolute Gasteiger partial charge is 0.279 e. The maximum Gasteiger partial charge on any atom is 0.260 e. The van der Waals surface area contributed by atoms with Crippen LogP contribution in [0.4, 0.5) is 0 Å². The normalized spacial score (nSPS) is 27.4. The Morgan fingerprint density at radius 3 is 2.85 bits per heavy atom.